The smallest absolute Gasteiger partial charge is 0.270 e. The van der Waals surface area contributed by atoms with Crippen molar-refractivity contribution in [2.45, 2.75) is 39.4 Å². The van der Waals surface area contributed by atoms with Gasteiger partial charge in [-0.3, -0.25) is 24.0 Å². The highest BCUT2D eigenvalue weighted by Gasteiger charge is 2.42. The van der Waals surface area contributed by atoms with Crippen molar-refractivity contribution in [1.82, 2.24) is 14.4 Å². The molecule has 0 spiro atoms. The maximum absolute atomic E-state index is 13.5. The molecule has 0 bridgehead atoms. The number of amides is 1. The number of carbonyl (C=O) groups is 1. The van der Waals surface area contributed by atoms with Crippen LogP contribution in [-0.4, -0.2) is 76.7 Å². The van der Waals surface area contributed by atoms with Crippen molar-refractivity contribution in [3.63, 3.8) is 0 Å². The normalized spacial score (nSPS) is 22.3. The second-order valence-electron chi connectivity index (χ2n) is 10.3. The fourth-order valence-corrected chi connectivity index (χ4v) is 8.72. The summed E-state index contributed by atoms with van der Waals surface area (Å²) in [5.74, 6) is 0.309. The molecule has 3 aliphatic heterocycles. The second-order valence-corrected chi connectivity index (χ2v) is 14.2. The van der Waals surface area contributed by atoms with E-state index in [1.165, 1.54) is 10.5 Å². The SMILES string of the molecule is CCn1c(N2CCN(Cc3ccccc3)CC2)c(C=C2SC(=S)N(C3CCS(=O)(=O)C3)C2=O)c(C)c(C#N)c1=O. The minimum absolute atomic E-state index is 0.0419. The second kappa shape index (κ2) is 11.5. The first-order valence-electron chi connectivity index (χ1n) is 13.3. The molecule has 9 nitrogen and oxygen atoms in total. The largest absolute Gasteiger partial charge is 0.355 e. The number of nitrogens with zero attached hydrogens (tertiary/aromatic N) is 5. The molecule has 1 unspecified atom stereocenters. The van der Waals surface area contributed by atoms with Gasteiger partial charge >= 0.3 is 0 Å². The maximum Gasteiger partial charge on any atom is 0.270 e. The number of anilines is 1. The molecule has 1 atom stereocenters. The molecule has 1 amide bonds. The van der Waals surface area contributed by atoms with Crippen LogP contribution in [0.1, 0.15) is 35.6 Å². The molecule has 40 heavy (non-hydrogen) atoms. The molecule has 0 N–H and O–H groups in total. The molecule has 2 aromatic rings. The summed E-state index contributed by atoms with van der Waals surface area (Å²) in [7, 11) is -3.20. The molecule has 0 saturated carbocycles. The number of thioether (sulfide) groups is 1. The molecule has 3 saturated heterocycles. The third-order valence-electron chi connectivity index (χ3n) is 7.76. The van der Waals surface area contributed by atoms with Crippen LogP contribution in [0, 0.1) is 18.3 Å². The number of sulfone groups is 1. The lowest BCUT2D eigenvalue weighted by atomic mass is 10.0. The topological polar surface area (TPSA) is 107 Å². The molecule has 1 aromatic heterocycles. The summed E-state index contributed by atoms with van der Waals surface area (Å²) in [6, 6.07) is 11.9. The summed E-state index contributed by atoms with van der Waals surface area (Å²) in [5.41, 5.74) is 2.12. The minimum atomic E-state index is -3.20. The van der Waals surface area contributed by atoms with Gasteiger partial charge in [0.1, 0.15) is 21.8 Å². The highest BCUT2D eigenvalue weighted by atomic mass is 32.2. The fraction of sp³-hybridized carbons (Fsp3) is 0.429. The van der Waals surface area contributed by atoms with Crippen molar-refractivity contribution < 1.29 is 13.2 Å². The predicted molar refractivity (Wildman–Crippen MR) is 162 cm³/mol. The van der Waals surface area contributed by atoms with Crippen LogP contribution < -0.4 is 10.5 Å². The van der Waals surface area contributed by atoms with Crippen molar-refractivity contribution in [2.75, 3.05) is 42.6 Å². The van der Waals surface area contributed by atoms with Crippen molar-refractivity contribution in [3.05, 3.63) is 67.8 Å². The predicted octanol–water partition coefficient (Wildman–Crippen LogP) is 2.76. The summed E-state index contributed by atoms with van der Waals surface area (Å²) in [6.07, 6.45) is 2.09. The van der Waals surface area contributed by atoms with Crippen molar-refractivity contribution >= 4 is 55.9 Å². The van der Waals surface area contributed by atoms with E-state index in [4.69, 9.17) is 12.2 Å². The average Bonchev–Trinajstić information content (AvgIpc) is 3.43. The molecular formula is C28H31N5O4S3. The van der Waals surface area contributed by atoms with Crippen LogP contribution in [0.3, 0.4) is 0 Å². The number of rotatable bonds is 6. The first kappa shape index (κ1) is 28.5. The molecule has 1 aromatic carbocycles. The molecule has 12 heteroatoms. The lowest BCUT2D eigenvalue weighted by Crippen LogP contribution is -2.48. The van der Waals surface area contributed by atoms with E-state index < -0.39 is 15.9 Å². The number of nitriles is 1. The number of hydrogen-bond acceptors (Lipinski definition) is 9. The summed E-state index contributed by atoms with van der Waals surface area (Å²) in [5, 5.41) is 9.85. The Kier molecular flexibility index (Phi) is 8.20. The van der Waals surface area contributed by atoms with Gasteiger partial charge in [0.15, 0.2) is 9.84 Å². The number of pyridine rings is 1. The van der Waals surface area contributed by atoms with Gasteiger partial charge in [-0.05, 0) is 37.5 Å². The number of thiocarbonyl (C=S) groups is 1. The van der Waals surface area contributed by atoms with Gasteiger partial charge in [0, 0.05) is 44.8 Å². The lowest BCUT2D eigenvalue weighted by molar-refractivity contribution is -0.123. The van der Waals surface area contributed by atoms with E-state index in [1.54, 1.807) is 17.6 Å². The summed E-state index contributed by atoms with van der Waals surface area (Å²) >= 11 is 6.64. The zero-order valence-electron chi connectivity index (χ0n) is 22.5. The number of hydrogen-bond donors (Lipinski definition) is 0. The first-order valence-corrected chi connectivity index (χ1v) is 16.3. The number of piperazine rings is 1. The van der Waals surface area contributed by atoms with Crippen LogP contribution in [0.15, 0.2) is 40.0 Å². The molecule has 0 aliphatic carbocycles. The standard InChI is InChI=1S/C28H31N5O4S3/c1-3-32-25(31-12-10-30(11-13-31)17-20-7-5-4-6-8-20)22(19(2)23(16-29)26(32)34)15-24-27(35)33(28(38)39-24)21-9-14-40(36,37)18-21/h4-8,15,21H,3,9-14,17-18H2,1-2H3. The van der Waals surface area contributed by atoms with Crippen molar-refractivity contribution in [2.24, 2.45) is 0 Å². The molecule has 210 valence electrons. The van der Waals surface area contributed by atoms with E-state index in [1.807, 2.05) is 25.1 Å². The average molecular weight is 598 g/mol. The number of aromatic nitrogens is 1. The van der Waals surface area contributed by atoms with E-state index in [-0.39, 0.29) is 28.5 Å². The van der Waals surface area contributed by atoms with E-state index in [0.29, 0.717) is 52.2 Å². The lowest BCUT2D eigenvalue weighted by Gasteiger charge is -2.38. The highest BCUT2D eigenvalue weighted by molar-refractivity contribution is 8.26. The van der Waals surface area contributed by atoms with E-state index in [0.717, 1.165) is 31.4 Å². The molecule has 3 fully saturated rings. The Bertz CT molecular complexity index is 1590. The van der Waals surface area contributed by atoms with Crippen LogP contribution in [0.2, 0.25) is 0 Å². The minimum Gasteiger partial charge on any atom is -0.355 e. The van der Waals surface area contributed by atoms with Crippen molar-refractivity contribution in [3.8, 4) is 6.07 Å². The Morgan fingerprint density at radius 1 is 1.15 bits per heavy atom. The van der Waals surface area contributed by atoms with Gasteiger partial charge in [-0.2, -0.15) is 5.26 Å². The van der Waals surface area contributed by atoms with E-state index in [2.05, 4.69) is 28.0 Å². The maximum atomic E-state index is 13.5. The van der Waals surface area contributed by atoms with Crippen LogP contribution in [0.5, 0.6) is 0 Å². The third-order valence-corrected chi connectivity index (χ3v) is 10.8. The van der Waals surface area contributed by atoms with Crippen LogP contribution in [0.4, 0.5) is 5.82 Å². The van der Waals surface area contributed by atoms with Gasteiger partial charge in [0.25, 0.3) is 11.5 Å². The van der Waals surface area contributed by atoms with Gasteiger partial charge in [-0.15, -0.1) is 0 Å². The number of benzene rings is 1. The quantitative estimate of drug-likeness (QED) is 0.367. The summed E-state index contributed by atoms with van der Waals surface area (Å²) in [4.78, 5) is 33.2. The Morgan fingerprint density at radius 2 is 1.85 bits per heavy atom. The first-order chi connectivity index (χ1) is 19.1. The van der Waals surface area contributed by atoms with Crippen LogP contribution in [0.25, 0.3) is 6.08 Å². The zero-order chi connectivity index (χ0) is 28.6. The van der Waals surface area contributed by atoms with Gasteiger partial charge in [-0.25, -0.2) is 8.42 Å². The molecule has 3 aliphatic rings. The Hall–Kier alpha value is -2.98. The Balaban J connectivity index is 1.49. The summed E-state index contributed by atoms with van der Waals surface area (Å²) < 4.78 is 26.1. The molecule has 4 heterocycles. The van der Waals surface area contributed by atoms with Crippen molar-refractivity contribution in [1.29, 1.82) is 5.26 Å². The Morgan fingerprint density at radius 3 is 2.45 bits per heavy atom. The third kappa shape index (κ3) is 5.48. The highest BCUT2D eigenvalue weighted by Crippen LogP contribution is 2.38. The zero-order valence-corrected chi connectivity index (χ0v) is 24.9. The fourth-order valence-electron chi connectivity index (χ4n) is 5.64. The van der Waals surface area contributed by atoms with Gasteiger partial charge < -0.3 is 4.90 Å². The van der Waals surface area contributed by atoms with Crippen LogP contribution >= 0.6 is 24.0 Å². The molecular weight excluding hydrogens is 567 g/mol. The molecule has 0 radical (unpaired) electrons. The van der Waals surface area contributed by atoms with E-state index >= 15 is 0 Å². The van der Waals surface area contributed by atoms with Crippen LogP contribution in [-0.2, 0) is 27.7 Å². The van der Waals surface area contributed by atoms with Gasteiger partial charge in [-0.1, -0.05) is 54.3 Å². The molecule has 5 rings (SSSR count). The number of carbonyl (C=O) groups excluding carboxylic acids is 1. The Labute approximate surface area is 244 Å². The van der Waals surface area contributed by atoms with Gasteiger partial charge in [0.2, 0.25) is 0 Å². The summed E-state index contributed by atoms with van der Waals surface area (Å²) in [6.45, 7) is 7.77. The van der Waals surface area contributed by atoms with Gasteiger partial charge in [0.05, 0.1) is 22.5 Å². The monoisotopic (exact) mass is 597 g/mol. The van der Waals surface area contributed by atoms with E-state index in [9.17, 15) is 23.3 Å².